The number of ether oxygens (including phenoxy) is 1. The molecule has 0 aromatic heterocycles. The van der Waals surface area contributed by atoms with Crippen LogP contribution >= 0.6 is 0 Å². The number of aliphatic hydroxyl groups excluding tert-OH is 2. The lowest BCUT2D eigenvalue weighted by atomic mass is 10.0. The molecule has 0 saturated carbocycles. The monoisotopic (exact) mass is 331 g/mol. The highest BCUT2D eigenvalue weighted by Crippen LogP contribution is 2.22. The number of benzene rings is 2. The van der Waals surface area contributed by atoms with E-state index in [4.69, 9.17) is 4.74 Å². The minimum atomic E-state index is -1.14. The average molecular weight is 331 g/mol. The van der Waals surface area contributed by atoms with Gasteiger partial charge in [-0.05, 0) is 29.7 Å². The number of rotatable bonds is 7. The predicted octanol–water partition coefficient (Wildman–Crippen LogP) is 2.10. The molecule has 0 aliphatic rings. The summed E-state index contributed by atoms with van der Waals surface area (Å²) >= 11 is 0. The van der Waals surface area contributed by atoms with Crippen LogP contribution in [0.2, 0.25) is 0 Å². The second kappa shape index (κ2) is 8.90. The van der Waals surface area contributed by atoms with Crippen molar-refractivity contribution < 1.29 is 24.9 Å². The van der Waals surface area contributed by atoms with Gasteiger partial charge in [0.2, 0.25) is 0 Å². The number of carbonyl (C=O) groups excluding carboxylic acids is 1. The SMILES string of the molecule is O=C(NCCC(O)C(O)c1cccc(O)c1)OCc1ccccc1. The molecule has 1 amide bonds. The van der Waals surface area contributed by atoms with Gasteiger partial charge >= 0.3 is 6.09 Å². The molecule has 2 aromatic carbocycles. The van der Waals surface area contributed by atoms with Crippen molar-refractivity contribution in [2.75, 3.05) is 6.54 Å². The molecule has 0 spiro atoms. The number of alkyl carbamates (subject to hydrolysis) is 1. The molecule has 2 rings (SSSR count). The maximum Gasteiger partial charge on any atom is 0.407 e. The van der Waals surface area contributed by atoms with E-state index in [1.807, 2.05) is 30.3 Å². The molecule has 128 valence electrons. The molecule has 0 aliphatic heterocycles. The van der Waals surface area contributed by atoms with E-state index in [1.54, 1.807) is 12.1 Å². The molecule has 0 fully saturated rings. The van der Waals surface area contributed by atoms with Gasteiger partial charge in [0.15, 0.2) is 0 Å². The van der Waals surface area contributed by atoms with Crippen molar-refractivity contribution in [2.45, 2.75) is 25.2 Å². The standard InChI is InChI=1S/C18H21NO5/c20-15-8-4-7-14(11-15)17(22)16(21)9-10-19-18(23)24-12-13-5-2-1-3-6-13/h1-8,11,16-17,20-22H,9-10,12H2,(H,19,23). The van der Waals surface area contributed by atoms with Gasteiger partial charge in [-0.25, -0.2) is 4.79 Å². The number of amides is 1. The Morgan fingerprint density at radius 2 is 1.83 bits per heavy atom. The molecule has 4 N–H and O–H groups in total. The second-order valence-electron chi connectivity index (χ2n) is 5.38. The lowest BCUT2D eigenvalue weighted by Gasteiger charge is -2.18. The first-order chi connectivity index (χ1) is 11.6. The van der Waals surface area contributed by atoms with E-state index in [2.05, 4.69) is 5.32 Å². The summed E-state index contributed by atoms with van der Waals surface area (Å²) in [7, 11) is 0. The quantitative estimate of drug-likeness (QED) is 0.623. The summed E-state index contributed by atoms with van der Waals surface area (Å²) in [6.07, 6.45) is -2.64. The Kier molecular flexibility index (Phi) is 6.60. The number of carbonyl (C=O) groups is 1. The maximum absolute atomic E-state index is 11.6. The van der Waals surface area contributed by atoms with E-state index in [0.717, 1.165) is 5.56 Å². The molecule has 0 heterocycles. The van der Waals surface area contributed by atoms with E-state index in [0.29, 0.717) is 5.56 Å². The van der Waals surface area contributed by atoms with Gasteiger partial charge < -0.3 is 25.4 Å². The van der Waals surface area contributed by atoms with Crippen LogP contribution in [0.15, 0.2) is 54.6 Å². The van der Waals surface area contributed by atoms with E-state index < -0.39 is 18.3 Å². The molecule has 0 saturated heterocycles. The summed E-state index contributed by atoms with van der Waals surface area (Å²) in [5.74, 6) is 0.0152. The fourth-order valence-electron chi connectivity index (χ4n) is 2.19. The fraction of sp³-hybridized carbons (Fsp3) is 0.278. The van der Waals surface area contributed by atoms with Crippen LogP contribution in [0.3, 0.4) is 0 Å². The van der Waals surface area contributed by atoms with E-state index in [-0.39, 0.29) is 25.3 Å². The summed E-state index contributed by atoms with van der Waals surface area (Å²) < 4.78 is 5.04. The summed E-state index contributed by atoms with van der Waals surface area (Å²) in [6, 6.07) is 15.3. The smallest absolute Gasteiger partial charge is 0.407 e. The Hall–Kier alpha value is -2.57. The van der Waals surface area contributed by atoms with Crippen LogP contribution < -0.4 is 5.32 Å². The minimum Gasteiger partial charge on any atom is -0.508 e. The zero-order valence-electron chi connectivity index (χ0n) is 13.1. The number of hydrogen-bond acceptors (Lipinski definition) is 5. The van der Waals surface area contributed by atoms with Crippen LogP contribution in [0.5, 0.6) is 5.75 Å². The van der Waals surface area contributed by atoms with E-state index in [9.17, 15) is 20.1 Å². The highest BCUT2D eigenvalue weighted by molar-refractivity contribution is 5.67. The Morgan fingerprint density at radius 3 is 2.54 bits per heavy atom. The fourth-order valence-corrected chi connectivity index (χ4v) is 2.19. The van der Waals surface area contributed by atoms with Gasteiger partial charge in [0.05, 0.1) is 6.10 Å². The van der Waals surface area contributed by atoms with E-state index >= 15 is 0 Å². The maximum atomic E-state index is 11.6. The molecular formula is C18H21NO5. The average Bonchev–Trinajstić information content (AvgIpc) is 2.60. The zero-order valence-corrected chi connectivity index (χ0v) is 13.1. The number of phenols is 1. The molecule has 0 radical (unpaired) electrons. The Labute approximate surface area is 140 Å². The highest BCUT2D eigenvalue weighted by Gasteiger charge is 2.18. The number of aliphatic hydroxyl groups is 2. The Morgan fingerprint density at radius 1 is 1.08 bits per heavy atom. The molecule has 2 atom stereocenters. The lowest BCUT2D eigenvalue weighted by molar-refractivity contribution is 0.0135. The largest absolute Gasteiger partial charge is 0.508 e. The van der Waals surface area contributed by atoms with Crippen LogP contribution in [0.1, 0.15) is 23.7 Å². The molecule has 2 aromatic rings. The number of hydrogen-bond donors (Lipinski definition) is 4. The van der Waals surface area contributed by atoms with Crippen LogP contribution in [0.25, 0.3) is 0 Å². The van der Waals surface area contributed by atoms with Crippen molar-refractivity contribution in [2.24, 2.45) is 0 Å². The Bertz CT molecular complexity index is 647. The second-order valence-corrected chi connectivity index (χ2v) is 5.38. The topological polar surface area (TPSA) is 99.0 Å². The number of nitrogens with one attached hydrogen (secondary N) is 1. The third kappa shape index (κ3) is 5.57. The molecule has 24 heavy (non-hydrogen) atoms. The third-order valence-corrected chi connectivity index (χ3v) is 3.50. The minimum absolute atomic E-state index is 0.0152. The molecule has 6 heteroatoms. The first-order valence-corrected chi connectivity index (χ1v) is 7.66. The van der Waals surface area contributed by atoms with Crippen LogP contribution in [-0.4, -0.2) is 34.1 Å². The van der Waals surface area contributed by atoms with Crippen molar-refractivity contribution in [3.8, 4) is 5.75 Å². The van der Waals surface area contributed by atoms with Gasteiger partial charge in [-0.1, -0.05) is 42.5 Å². The Balaban J connectivity index is 1.70. The van der Waals surface area contributed by atoms with Crippen molar-refractivity contribution in [3.63, 3.8) is 0 Å². The van der Waals surface area contributed by atoms with Crippen LogP contribution in [0.4, 0.5) is 4.79 Å². The van der Waals surface area contributed by atoms with Gasteiger partial charge in [0, 0.05) is 6.54 Å². The van der Waals surface area contributed by atoms with Gasteiger partial charge in [-0.2, -0.15) is 0 Å². The first-order valence-electron chi connectivity index (χ1n) is 7.66. The molecule has 2 unspecified atom stereocenters. The normalized spacial score (nSPS) is 13.1. The molecule has 6 nitrogen and oxygen atoms in total. The van der Waals surface area contributed by atoms with Crippen molar-refractivity contribution in [3.05, 3.63) is 65.7 Å². The van der Waals surface area contributed by atoms with Gasteiger partial charge in [0.1, 0.15) is 18.5 Å². The van der Waals surface area contributed by atoms with Crippen molar-refractivity contribution in [1.29, 1.82) is 0 Å². The molecule has 0 aliphatic carbocycles. The molecular weight excluding hydrogens is 310 g/mol. The zero-order chi connectivity index (χ0) is 17.4. The first kappa shape index (κ1) is 17.8. The molecule has 0 bridgehead atoms. The van der Waals surface area contributed by atoms with Gasteiger partial charge in [-0.3, -0.25) is 0 Å². The highest BCUT2D eigenvalue weighted by atomic mass is 16.5. The number of phenolic OH excluding ortho intramolecular Hbond substituents is 1. The van der Waals surface area contributed by atoms with E-state index in [1.165, 1.54) is 12.1 Å². The predicted molar refractivity (Wildman–Crippen MR) is 88.3 cm³/mol. The van der Waals surface area contributed by atoms with Gasteiger partial charge in [0.25, 0.3) is 0 Å². The third-order valence-electron chi connectivity index (χ3n) is 3.50. The summed E-state index contributed by atoms with van der Waals surface area (Å²) in [5.41, 5.74) is 1.29. The van der Waals surface area contributed by atoms with Crippen LogP contribution in [-0.2, 0) is 11.3 Å². The summed E-state index contributed by atoms with van der Waals surface area (Å²) in [4.78, 5) is 11.6. The van der Waals surface area contributed by atoms with Crippen LogP contribution in [0, 0.1) is 0 Å². The summed E-state index contributed by atoms with van der Waals surface area (Å²) in [5, 5.41) is 31.9. The van der Waals surface area contributed by atoms with Crippen molar-refractivity contribution >= 4 is 6.09 Å². The van der Waals surface area contributed by atoms with Gasteiger partial charge in [-0.15, -0.1) is 0 Å². The number of aromatic hydroxyl groups is 1. The lowest BCUT2D eigenvalue weighted by Crippen LogP contribution is -2.29. The summed E-state index contributed by atoms with van der Waals surface area (Å²) in [6.45, 7) is 0.325. The van der Waals surface area contributed by atoms with Crippen molar-refractivity contribution in [1.82, 2.24) is 5.32 Å².